The Morgan fingerprint density at radius 1 is 1.29 bits per heavy atom. The largest absolute Gasteiger partial charge is 0.465 e. The lowest BCUT2D eigenvalue weighted by Crippen LogP contribution is -2.01. The van der Waals surface area contributed by atoms with Crippen molar-refractivity contribution in [2.75, 3.05) is 7.11 Å². The van der Waals surface area contributed by atoms with Crippen molar-refractivity contribution in [3.8, 4) is 17.2 Å². The number of carbonyl (C=O) groups excluding carboxylic acids is 1. The van der Waals surface area contributed by atoms with Gasteiger partial charge in [-0.2, -0.15) is 5.26 Å². The molecule has 3 rings (SSSR count). The van der Waals surface area contributed by atoms with E-state index in [0.717, 1.165) is 3.57 Å². The third-order valence-electron chi connectivity index (χ3n) is 3.61. The third-order valence-corrected chi connectivity index (χ3v) is 4.43. The number of benzene rings is 2. The lowest BCUT2D eigenvalue weighted by atomic mass is 9.98. The van der Waals surface area contributed by atoms with Gasteiger partial charge in [0.15, 0.2) is 0 Å². The number of hydrogen-bond acceptors (Lipinski definition) is 4. The van der Waals surface area contributed by atoms with Crippen molar-refractivity contribution in [3.63, 3.8) is 0 Å². The van der Waals surface area contributed by atoms with E-state index in [2.05, 4.69) is 27.6 Å². The van der Waals surface area contributed by atoms with E-state index in [-0.39, 0.29) is 5.56 Å². The number of nitriles is 1. The number of methoxy groups -OCH3 is 1. The van der Waals surface area contributed by atoms with Crippen LogP contribution in [0.2, 0.25) is 0 Å². The van der Waals surface area contributed by atoms with Gasteiger partial charge in [0.1, 0.15) is 5.82 Å². The van der Waals surface area contributed by atoms with Crippen LogP contribution in [0.3, 0.4) is 0 Å². The van der Waals surface area contributed by atoms with Crippen LogP contribution in [0.25, 0.3) is 22.0 Å². The maximum atomic E-state index is 14.5. The van der Waals surface area contributed by atoms with Crippen molar-refractivity contribution in [2.45, 2.75) is 0 Å². The van der Waals surface area contributed by atoms with Gasteiger partial charge in [-0.25, -0.2) is 9.18 Å². The van der Waals surface area contributed by atoms with Crippen molar-refractivity contribution in [1.29, 1.82) is 5.26 Å². The van der Waals surface area contributed by atoms with E-state index < -0.39 is 11.8 Å². The molecule has 0 spiro atoms. The minimum Gasteiger partial charge on any atom is -0.465 e. The predicted molar refractivity (Wildman–Crippen MR) is 95.9 cm³/mol. The zero-order chi connectivity index (χ0) is 17.3. The van der Waals surface area contributed by atoms with Gasteiger partial charge >= 0.3 is 5.97 Å². The minimum atomic E-state index is -0.497. The van der Waals surface area contributed by atoms with E-state index in [0.29, 0.717) is 27.6 Å². The van der Waals surface area contributed by atoms with Crippen LogP contribution < -0.4 is 0 Å². The van der Waals surface area contributed by atoms with Crippen molar-refractivity contribution in [1.82, 2.24) is 4.98 Å². The van der Waals surface area contributed by atoms with Crippen LogP contribution in [-0.4, -0.2) is 18.1 Å². The lowest BCUT2D eigenvalue weighted by Gasteiger charge is -2.11. The van der Waals surface area contributed by atoms with E-state index in [4.69, 9.17) is 10.00 Å². The highest BCUT2D eigenvalue weighted by Gasteiger charge is 2.16. The number of hydrogen-bond donors (Lipinski definition) is 0. The van der Waals surface area contributed by atoms with Gasteiger partial charge in [0, 0.05) is 26.3 Å². The first-order valence-electron chi connectivity index (χ1n) is 6.91. The van der Waals surface area contributed by atoms with Gasteiger partial charge in [0.05, 0.1) is 29.8 Å². The molecule has 1 aromatic heterocycles. The smallest absolute Gasteiger partial charge is 0.337 e. The Morgan fingerprint density at radius 2 is 2.08 bits per heavy atom. The quantitative estimate of drug-likeness (QED) is 0.448. The predicted octanol–water partition coefficient (Wildman–Crippen LogP) is 4.30. The maximum absolute atomic E-state index is 14.5. The molecule has 0 bridgehead atoms. The van der Waals surface area contributed by atoms with Crippen LogP contribution in [0.1, 0.15) is 15.9 Å². The molecular weight excluding hydrogens is 422 g/mol. The summed E-state index contributed by atoms with van der Waals surface area (Å²) in [7, 11) is 1.31. The second-order valence-electron chi connectivity index (χ2n) is 5.01. The molecule has 0 amide bonds. The number of aromatic nitrogens is 1. The summed E-state index contributed by atoms with van der Waals surface area (Å²) in [6, 6.07) is 11.2. The third kappa shape index (κ3) is 2.83. The first-order chi connectivity index (χ1) is 11.5. The van der Waals surface area contributed by atoms with E-state index in [1.165, 1.54) is 13.2 Å². The van der Waals surface area contributed by atoms with Crippen molar-refractivity contribution in [3.05, 3.63) is 63.1 Å². The highest BCUT2D eigenvalue weighted by molar-refractivity contribution is 14.1. The van der Waals surface area contributed by atoms with Gasteiger partial charge in [-0.1, -0.05) is 6.07 Å². The molecule has 3 aromatic rings. The molecule has 118 valence electrons. The molecular formula is C18H10FIN2O2. The van der Waals surface area contributed by atoms with Gasteiger partial charge in [0.2, 0.25) is 0 Å². The summed E-state index contributed by atoms with van der Waals surface area (Å²) < 4.78 is 20.0. The zero-order valence-corrected chi connectivity index (χ0v) is 14.7. The van der Waals surface area contributed by atoms with Gasteiger partial charge < -0.3 is 4.74 Å². The van der Waals surface area contributed by atoms with E-state index in [1.54, 1.807) is 36.5 Å². The Hall–Kier alpha value is -2.53. The molecule has 0 fully saturated rings. The van der Waals surface area contributed by atoms with Crippen LogP contribution in [0, 0.1) is 20.7 Å². The first-order valence-corrected chi connectivity index (χ1v) is 7.99. The monoisotopic (exact) mass is 432 g/mol. The number of pyridine rings is 1. The number of fused-ring (bicyclic) bond motifs is 1. The highest BCUT2D eigenvalue weighted by Crippen LogP contribution is 2.34. The Bertz CT molecular complexity index is 1010. The van der Waals surface area contributed by atoms with Crippen LogP contribution in [0.4, 0.5) is 4.39 Å². The number of carbonyl (C=O) groups is 1. The van der Waals surface area contributed by atoms with Crippen molar-refractivity contribution >= 4 is 39.5 Å². The molecule has 4 nitrogen and oxygen atoms in total. The van der Waals surface area contributed by atoms with Crippen LogP contribution in [0.5, 0.6) is 0 Å². The summed E-state index contributed by atoms with van der Waals surface area (Å²) in [6.45, 7) is 0. The number of halogens is 2. The Labute approximate surface area is 151 Å². The van der Waals surface area contributed by atoms with Crippen LogP contribution in [0.15, 0.2) is 42.6 Å². The lowest BCUT2D eigenvalue weighted by molar-refractivity contribution is 0.0601. The number of ether oxygens (including phenoxy) is 1. The molecule has 0 saturated carbocycles. The number of rotatable bonds is 2. The molecule has 0 unspecified atom stereocenters. The average molecular weight is 432 g/mol. The standard InChI is InChI=1S/C18H10FIN2O2/c1-24-18(23)11-3-5-16-13(7-11)17(15(20)9-22-16)12-4-2-10(8-21)6-14(12)19/h2-7,9H,1H3. The molecule has 6 heteroatoms. The fourth-order valence-electron chi connectivity index (χ4n) is 2.47. The normalized spacial score (nSPS) is 10.4. The molecule has 0 radical (unpaired) electrons. The van der Waals surface area contributed by atoms with E-state index in [9.17, 15) is 9.18 Å². The summed E-state index contributed by atoms with van der Waals surface area (Å²) in [4.78, 5) is 16.1. The minimum absolute atomic E-state index is 0.250. The fourth-order valence-corrected chi connectivity index (χ4v) is 3.19. The van der Waals surface area contributed by atoms with E-state index in [1.807, 2.05) is 6.07 Å². The zero-order valence-electron chi connectivity index (χ0n) is 12.5. The van der Waals surface area contributed by atoms with Crippen molar-refractivity contribution < 1.29 is 13.9 Å². The SMILES string of the molecule is COC(=O)c1ccc2ncc(I)c(-c3ccc(C#N)cc3F)c2c1. The highest BCUT2D eigenvalue weighted by atomic mass is 127. The molecule has 2 aromatic carbocycles. The Kier molecular flexibility index (Phi) is 4.44. The van der Waals surface area contributed by atoms with Gasteiger partial charge in [-0.15, -0.1) is 0 Å². The van der Waals surface area contributed by atoms with Crippen LogP contribution >= 0.6 is 22.6 Å². The average Bonchev–Trinajstić information content (AvgIpc) is 2.61. The molecule has 0 aliphatic rings. The molecule has 1 heterocycles. The van der Waals surface area contributed by atoms with E-state index >= 15 is 0 Å². The molecule has 0 saturated heterocycles. The topological polar surface area (TPSA) is 63.0 Å². The molecule has 0 N–H and O–H groups in total. The van der Waals surface area contributed by atoms with Crippen molar-refractivity contribution in [2.24, 2.45) is 0 Å². The summed E-state index contributed by atoms with van der Waals surface area (Å²) in [5, 5.41) is 9.54. The fraction of sp³-hybridized carbons (Fsp3) is 0.0556. The summed E-state index contributed by atoms with van der Waals surface area (Å²) in [5.74, 6) is -0.968. The summed E-state index contributed by atoms with van der Waals surface area (Å²) in [5.41, 5.74) is 2.24. The van der Waals surface area contributed by atoms with Gasteiger partial charge in [0.25, 0.3) is 0 Å². The second kappa shape index (κ2) is 6.53. The molecule has 24 heavy (non-hydrogen) atoms. The molecule has 0 aliphatic heterocycles. The second-order valence-corrected chi connectivity index (χ2v) is 6.17. The Balaban J connectivity index is 2.32. The van der Waals surface area contributed by atoms with Gasteiger partial charge in [-0.3, -0.25) is 4.98 Å². The first kappa shape index (κ1) is 16.3. The van der Waals surface area contributed by atoms with Crippen LogP contribution in [-0.2, 0) is 4.74 Å². The Morgan fingerprint density at radius 3 is 2.75 bits per heavy atom. The summed E-state index contributed by atoms with van der Waals surface area (Å²) in [6.07, 6.45) is 1.65. The van der Waals surface area contributed by atoms with Gasteiger partial charge in [-0.05, 0) is 52.9 Å². The maximum Gasteiger partial charge on any atom is 0.337 e. The molecule has 0 atom stereocenters. The number of nitrogens with zero attached hydrogens (tertiary/aromatic N) is 2. The number of esters is 1. The summed E-state index contributed by atoms with van der Waals surface area (Å²) >= 11 is 2.07. The molecule has 0 aliphatic carbocycles.